The monoisotopic (exact) mass is 730 g/mol. The molecule has 0 aliphatic carbocycles. The standard InChI is InChI=1S/C22H36F10O11S2/c1-16(2,6-38-8-17(3,12-42-44(5,33)34)10-40-14-19(23,24)21(27,28)29)7-39-9-18(4,13-43-45(35,36)37)11-41-15-20(25,26)22(30,31)32/h6-15H2,1-5H3,(H,35,36,37). The Kier molecular flexibility index (Phi) is 15.5. The van der Waals surface area contributed by atoms with Gasteiger partial charge in [0.2, 0.25) is 0 Å². The van der Waals surface area contributed by atoms with Crippen LogP contribution in [0.15, 0.2) is 0 Å². The third-order valence-corrected chi connectivity index (χ3v) is 6.32. The van der Waals surface area contributed by atoms with Gasteiger partial charge < -0.3 is 18.9 Å². The molecule has 0 spiro atoms. The molecule has 0 rings (SSSR count). The van der Waals surface area contributed by atoms with E-state index in [2.05, 4.69) is 17.8 Å². The van der Waals surface area contributed by atoms with Crippen LogP contribution in [-0.4, -0.2) is 118 Å². The number of rotatable bonds is 22. The van der Waals surface area contributed by atoms with Gasteiger partial charge in [0.05, 0.1) is 59.1 Å². The van der Waals surface area contributed by atoms with Gasteiger partial charge in [-0.3, -0.25) is 8.74 Å². The highest BCUT2D eigenvalue weighted by Crippen LogP contribution is 2.37. The van der Waals surface area contributed by atoms with E-state index in [0.29, 0.717) is 6.26 Å². The van der Waals surface area contributed by atoms with Crippen molar-refractivity contribution in [3.8, 4) is 0 Å². The van der Waals surface area contributed by atoms with E-state index in [1.165, 1.54) is 20.8 Å². The third-order valence-electron chi connectivity index (χ3n) is 5.36. The van der Waals surface area contributed by atoms with E-state index >= 15 is 0 Å². The van der Waals surface area contributed by atoms with Gasteiger partial charge in [-0.05, 0) is 0 Å². The van der Waals surface area contributed by atoms with Gasteiger partial charge in [0.25, 0.3) is 10.1 Å². The summed E-state index contributed by atoms with van der Waals surface area (Å²) in [4.78, 5) is 0. The zero-order chi connectivity index (χ0) is 35.8. The van der Waals surface area contributed by atoms with E-state index < -0.39 is 114 Å². The topological polar surface area (TPSA) is 144 Å². The van der Waals surface area contributed by atoms with Crippen LogP contribution in [-0.2, 0) is 47.8 Å². The van der Waals surface area contributed by atoms with Crippen LogP contribution in [0.3, 0.4) is 0 Å². The molecule has 11 nitrogen and oxygen atoms in total. The highest BCUT2D eigenvalue weighted by molar-refractivity contribution is 7.86. The van der Waals surface area contributed by atoms with Crippen LogP contribution in [0.1, 0.15) is 27.7 Å². The van der Waals surface area contributed by atoms with Crippen molar-refractivity contribution < 1.29 is 92.6 Å². The molecule has 45 heavy (non-hydrogen) atoms. The molecule has 0 aromatic rings. The van der Waals surface area contributed by atoms with Crippen molar-refractivity contribution in [2.75, 3.05) is 72.3 Å². The summed E-state index contributed by atoms with van der Waals surface area (Å²) in [6.07, 6.45) is -11.2. The summed E-state index contributed by atoms with van der Waals surface area (Å²) in [7, 11) is -9.14. The van der Waals surface area contributed by atoms with Gasteiger partial charge in [0.1, 0.15) is 13.2 Å². The quantitative estimate of drug-likeness (QED) is 0.0969. The fraction of sp³-hybridized carbons (Fsp3) is 1.00. The molecule has 2 atom stereocenters. The van der Waals surface area contributed by atoms with Crippen LogP contribution in [0, 0.1) is 16.2 Å². The Hall–Kier alpha value is -1.08. The molecule has 0 aromatic heterocycles. The Labute approximate surface area is 253 Å². The second-order valence-electron chi connectivity index (χ2n) is 11.8. The summed E-state index contributed by atoms with van der Waals surface area (Å²) in [5.74, 6) is -10.4. The predicted molar refractivity (Wildman–Crippen MR) is 134 cm³/mol. The van der Waals surface area contributed by atoms with Gasteiger partial charge in [-0.1, -0.05) is 27.7 Å². The lowest BCUT2D eigenvalue weighted by Gasteiger charge is -2.33. The SMILES string of the molecule is CC(C)(COCC(C)(COCC(F)(F)C(F)(F)F)COS(C)(=O)=O)COCC(C)(COCC(F)(F)C(F)(F)F)COS(=O)(=O)O. The van der Waals surface area contributed by atoms with Gasteiger partial charge in [-0.2, -0.15) is 60.7 Å². The minimum absolute atomic E-state index is 0.257. The number of halogens is 10. The molecule has 0 saturated heterocycles. The first-order chi connectivity index (χ1) is 19.7. The lowest BCUT2D eigenvalue weighted by atomic mass is 9.92. The first kappa shape index (κ1) is 43.9. The molecule has 0 heterocycles. The summed E-state index contributed by atoms with van der Waals surface area (Å²) in [6, 6.07) is 0. The molecule has 0 bridgehead atoms. The fourth-order valence-corrected chi connectivity index (χ4v) is 3.85. The Morgan fingerprint density at radius 2 is 0.778 bits per heavy atom. The van der Waals surface area contributed by atoms with Crippen LogP contribution in [0.5, 0.6) is 0 Å². The molecular formula is C22H36F10O11S2. The van der Waals surface area contributed by atoms with Crippen molar-refractivity contribution in [1.82, 2.24) is 0 Å². The molecule has 0 aromatic carbocycles. The van der Waals surface area contributed by atoms with E-state index in [-0.39, 0.29) is 13.2 Å². The maximum atomic E-state index is 13.2. The van der Waals surface area contributed by atoms with E-state index in [1.807, 2.05) is 0 Å². The summed E-state index contributed by atoms with van der Waals surface area (Å²) in [6.45, 7) is -3.92. The number of hydrogen-bond acceptors (Lipinski definition) is 10. The summed E-state index contributed by atoms with van der Waals surface area (Å²) in [5, 5.41) is 0. The van der Waals surface area contributed by atoms with Crippen LogP contribution >= 0.6 is 0 Å². The molecule has 1 N–H and O–H groups in total. The van der Waals surface area contributed by atoms with Gasteiger partial charge in [-0.15, -0.1) is 0 Å². The summed E-state index contributed by atoms with van der Waals surface area (Å²) in [5.41, 5.74) is -4.26. The Bertz CT molecular complexity index is 1040. The molecule has 2 unspecified atom stereocenters. The molecule has 0 radical (unpaired) electrons. The van der Waals surface area contributed by atoms with Crippen molar-refractivity contribution in [1.29, 1.82) is 0 Å². The maximum absolute atomic E-state index is 13.2. The van der Waals surface area contributed by atoms with Crippen LogP contribution in [0.2, 0.25) is 0 Å². The average molecular weight is 731 g/mol. The molecule has 0 saturated carbocycles. The Morgan fingerprint density at radius 1 is 0.489 bits per heavy atom. The molecule has 23 heteroatoms. The molecule has 272 valence electrons. The molecular weight excluding hydrogens is 694 g/mol. The predicted octanol–water partition coefficient (Wildman–Crippen LogP) is 4.28. The van der Waals surface area contributed by atoms with Gasteiger partial charge in [0.15, 0.2) is 0 Å². The van der Waals surface area contributed by atoms with Crippen LogP contribution < -0.4 is 0 Å². The van der Waals surface area contributed by atoms with Crippen molar-refractivity contribution in [2.45, 2.75) is 51.9 Å². The first-order valence-corrected chi connectivity index (χ1v) is 15.6. The average Bonchev–Trinajstić information content (AvgIpc) is 2.79. The highest BCUT2D eigenvalue weighted by atomic mass is 32.3. The largest absolute Gasteiger partial charge is 0.455 e. The van der Waals surface area contributed by atoms with Crippen LogP contribution in [0.4, 0.5) is 43.9 Å². The van der Waals surface area contributed by atoms with Gasteiger partial charge >= 0.3 is 34.6 Å². The first-order valence-electron chi connectivity index (χ1n) is 12.4. The van der Waals surface area contributed by atoms with E-state index in [1.54, 1.807) is 0 Å². The molecule has 0 aliphatic heterocycles. The molecule has 0 fully saturated rings. The highest BCUT2D eigenvalue weighted by Gasteiger charge is 2.58. The zero-order valence-corrected chi connectivity index (χ0v) is 26.3. The Morgan fingerprint density at radius 3 is 1.04 bits per heavy atom. The zero-order valence-electron chi connectivity index (χ0n) is 24.7. The number of ether oxygens (including phenoxy) is 4. The van der Waals surface area contributed by atoms with E-state index in [9.17, 15) is 60.7 Å². The van der Waals surface area contributed by atoms with Crippen molar-refractivity contribution in [3.05, 3.63) is 0 Å². The fourth-order valence-electron chi connectivity index (χ4n) is 2.92. The number of alkyl halides is 10. The summed E-state index contributed by atoms with van der Waals surface area (Å²) >= 11 is 0. The maximum Gasteiger partial charge on any atom is 0.455 e. The van der Waals surface area contributed by atoms with E-state index in [0.717, 1.165) is 6.92 Å². The lowest BCUT2D eigenvalue weighted by molar-refractivity contribution is -0.298. The molecule has 0 amide bonds. The third kappa shape index (κ3) is 18.2. The second kappa shape index (κ2) is 15.9. The van der Waals surface area contributed by atoms with Crippen LogP contribution in [0.25, 0.3) is 0 Å². The Balaban J connectivity index is 5.31. The normalized spacial score (nSPS) is 17.2. The van der Waals surface area contributed by atoms with Crippen molar-refractivity contribution >= 4 is 20.5 Å². The minimum Gasteiger partial charge on any atom is -0.380 e. The number of hydrogen-bond donors (Lipinski definition) is 1. The van der Waals surface area contributed by atoms with Crippen molar-refractivity contribution in [2.24, 2.45) is 16.2 Å². The van der Waals surface area contributed by atoms with Crippen molar-refractivity contribution in [3.63, 3.8) is 0 Å². The van der Waals surface area contributed by atoms with Gasteiger partial charge in [0, 0.05) is 16.2 Å². The minimum atomic E-state index is -5.93. The summed E-state index contributed by atoms with van der Waals surface area (Å²) < 4.78 is 209. The van der Waals surface area contributed by atoms with Gasteiger partial charge in [-0.25, -0.2) is 4.18 Å². The van der Waals surface area contributed by atoms with E-state index in [4.69, 9.17) is 14.0 Å². The molecule has 0 aliphatic rings. The lowest BCUT2D eigenvalue weighted by Crippen LogP contribution is -2.43. The second-order valence-corrected chi connectivity index (χ2v) is 14.6. The smallest absolute Gasteiger partial charge is 0.380 e.